The Kier molecular flexibility index (Phi) is 3.07. The molecule has 1 aliphatic heterocycles. The van der Waals surface area contributed by atoms with Crippen molar-refractivity contribution in [1.82, 2.24) is 19.8 Å². The molecule has 1 amide bonds. The summed E-state index contributed by atoms with van der Waals surface area (Å²) in [5.41, 5.74) is 0.694. The van der Waals surface area contributed by atoms with E-state index >= 15 is 0 Å². The minimum Gasteiger partial charge on any atom is -0.333 e. The first-order valence-electron chi connectivity index (χ1n) is 6.76. The van der Waals surface area contributed by atoms with E-state index in [4.69, 9.17) is 0 Å². The van der Waals surface area contributed by atoms with Crippen LogP contribution in [-0.4, -0.2) is 45.5 Å². The van der Waals surface area contributed by atoms with Gasteiger partial charge in [-0.25, -0.2) is 4.98 Å². The molecule has 5 nitrogen and oxygen atoms in total. The van der Waals surface area contributed by atoms with Crippen molar-refractivity contribution in [2.24, 2.45) is 7.05 Å². The summed E-state index contributed by atoms with van der Waals surface area (Å²) in [7, 11) is 1.87. The Morgan fingerprint density at radius 3 is 2.94 bits per heavy atom. The fraction of sp³-hybridized carbons (Fsp3) is 0.692. The molecule has 1 saturated heterocycles. The molecule has 1 aromatic rings. The van der Waals surface area contributed by atoms with Crippen LogP contribution >= 0.6 is 0 Å². The van der Waals surface area contributed by atoms with Gasteiger partial charge in [0.25, 0.3) is 5.91 Å². The van der Waals surface area contributed by atoms with Gasteiger partial charge in [0.15, 0.2) is 0 Å². The second kappa shape index (κ2) is 4.72. The fourth-order valence-electron chi connectivity index (χ4n) is 2.64. The quantitative estimate of drug-likeness (QED) is 0.856. The molecule has 1 saturated carbocycles. The number of amides is 1. The predicted octanol–water partition coefficient (Wildman–Crippen LogP) is 0.777. The lowest BCUT2D eigenvalue weighted by atomic mass is 10.2. The second-order valence-electron chi connectivity index (χ2n) is 5.37. The zero-order valence-electron chi connectivity index (χ0n) is 10.8. The van der Waals surface area contributed by atoms with Crippen LogP contribution in [0.1, 0.15) is 36.2 Å². The van der Waals surface area contributed by atoms with Crippen LogP contribution in [0.2, 0.25) is 0 Å². The highest BCUT2D eigenvalue weighted by Crippen LogP contribution is 2.29. The summed E-state index contributed by atoms with van der Waals surface area (Å²) in [6.07, 6.45) is 8.06. The molecule has 1 atom stereocenters. The lowest BCUT2D eigenvalue weighted by molar-refractivity contribution is 0.0719. The van der Waals surface area contributed by atoms with Crippen molar-refractivity contribution in [1.29, 1.82) is 0 Å². The van der Waals surface area contributed by atoms with E-state index in [-0.39, 0.29) is 5.91 Å². The number of aromatic nitrogens is 2. The zero-order valence-corrected chi connectivity index (χ0v) is 10.8. The number of carbonyl (C=O) groups is 1. The predicted molar refractivity (Wildman–Crippen MR) is 68.3 cm³/mol. The number of hydrogen-bond acceptors (Lipinski definition) is 3. The van der Waals surface area contributed by atoms with Gasteiger partial charge in [-0.05, 0) is 32.2 Å². The van der Waals surface area contributed by atoms with Gasteiger partial charge in [-0.3, -0.25) is 4.79 Å². The highest BCUT2D eigenvalue weighted by Gasteiger charge is 2.35. The highest BCUT2D eigenvalue weighted by molar-refractivity contribution is 5.92. The molecule has 1 aliphatic carbocycles. The molecular weight excluding hydrogens is 228 g/mol. The normalized spacial score (nSPS) is 23.3. The van der Waals surface area contributed by atoms with Crippen LogP contribution in [0.25, 0.3) is 0 Å². The molecule has 98 valence electrons. The van der Waals surface area contributed by atoms with Crippen LogP contribution in [-0.2, 0) is 7.05 Å². The minimum atomic E-state index is 0.131. The molecule has 18 heavy (non-hydrogen) atoms. The minimum absolute atomic E-state index is 0.131. The van der Waals surface area contributed by atoms with Gasteiger partial charge in [0, 0.05) is 25.7 Å². The number of hydrogen-bond donors (Lipinski definition) is 1. The maximum absolute atomic E-state index is 12.5. The largest absolute Gasteiger partial charge is 0.333 e. The van der Waals surface area contributed by atoms with E-state index in [1.54, 1.807) is 17.1 Å². The van der Waals surface area contributed by atoms with E-state index in [1.165, 1.54) is 12.8 Å². The van der Waals surface area contributed by atoms with E-state index in [9.17, 15) is 4.79 Å². The summed E-state index contributed by atoms with van der Waals surface area (Å²) in [5.74, 6) is 0.131. The average Bonchev–Trinajstić information content (AvgIpc) is 2.89. The van der Waals surface area contributed by atoms with Gasteiger partial charge in [-0.1, -0.05) is 0 Å². The number of nitrogens with zero attached hydrogens (tertiary/aromatic N) is 3. The smallest absolute Gasteiger partial charge is 0.272 e. The number of imidazole rings is 1. The monoisotopic (exact) mass is 248 g/mol. The van der Waals surface area contributed by atoms with Gasteiger partial charge in [-0.2, -0.15) is 0 Å². The molecule has 1 unspecified atom stereocenters. The third kappa shape index (κ3) is 2.27. The van der Waals surface area contributed by atoms with E-state index in [2.05, 4.69) is 10.3 Å². The summed E-state index contributed by atoms with van der Waals surface area (Å²) < 4.78 is 1.81. The van der Waals surface area contributed by atoms with E-state index in [0.717, 1.165) is 25.9 Å². The van der Waals surface area contributed by atoms with Crippen LogP contribution in [0.15, 0.2) is 12.5 Å². The van der Waals surface area contributed by atoms with Gasteiger partial charge in [0.2, 0.25) is 0 Å². The average molecular weight is 248 g/mol. The molecular formula is C13H20N4O. The zero-order chi connectivity index (χ0) is 12.5. The van der Waals surface area contributed by atoms with Crippen LogP contribution in [0.5, 0.6) is 0 Å². The first kappa shape index (κ1) is 11.7. The Labute approximate surface area is 107 Å². The van der Waals surface area contributed by atoms with Crippen LogP contribution in [0, 0.1) is 0 Å². The van der Waals surface area contributed by atoms with Crippen molar-refractivity contribution in [2.75, 3.05) is 13.1 Å². The van der Waals surface area contributed by atoms with Crippen molar-refractivity contribution < 1.29 is 4.79 Å². The number of aryl methyl sites for hydroxylation is 1. The van der Waals surface area contributed by atoms with Gasteiger partial charge >= 0.3 is 0 Å². The van der Waals surface area contributed by atoms with Crippen molar-refractivity contribution in [3.8, 4) is 0 Å². The summed E-state index contributed by atoms with van der Waals surface area (Å²) in [6.45, 7) is 1.93. The molecule has 0 aromatic carbocycles. The molecule has 0 spiro atoms. The summed E-state index contributed by atoms with van der Waals surface area (Å²) in [6, 6.07) is 0.928. The van der Waals surface area contributed by atoms with E-state index in [1.807, 2.05) is 11.9 Å². The Hall–Kier alpha value is -1.36. The van der Waals surface area contributed by atoms with Crippen LogP contribution in [0.3, 0.4) is 0 Å². The number of carbonyl (C=O) groups excluding carboxylic acids is 1. The van der Waals surface area contributed by atoms with Crippen molar-refractivity contribution in [2.45, 2.75) is 37.8 Å². The molecule has 0 radical (unpaired) electrons. The Morgan fingerprint density at radius 1 is 1.56 bits per heavy atom. The van der Waals surface area contributed by atoms with Gasteiger partial charge < -0.3 is 14.8 Å². The molecule has 2 fully saturated rings. The van der Waals surface area contributed by atoms with Crippen molar-refractivity contribution >= 4 is 5.91 Å². The Bertz CT molecular complexity index is 432. The molecule has 2 aliphatic rings. The lowest BCUT2D eigenvalue weighted by Crippen LogP contribution is -2.42. The molecule has 3 rings (SSSR count). The number of rotatable bonds is 4. The lowest BCUT2D eigenvalue weighted by Gasteiger charge is -2.25. The highest BCUT2D eigenvalue weighted by atomic mass is 16.2. The number of nitrogens with one attached hydrogen (secondary N) is 1. The molecule has 2 heterocycles. The van der Waals surface area contributed by atoms with Crippen LogP contribution < -0.4 is 5.32 Å². The third-order valence-electron chi connectivity index (χ3n) is 3.86. The van der Waals surface area contributed by atoms with Crippen molar-refractivity contribution in [3.63, 3.8) is 0 Å². The topological polar surface area (TPSA) is 50.2 Å². The summed E-state index contributed by atoms with van der Waals surface area (Å²) >= 11 is 0. The summed E-state index contributed by atoms with van der Waals surface area (Å²) in [5, 5.41) is 3.47. The van der Waals surface area contributed by atoms with Crippen molar-refractivity contribution in [3.05, 3.63) is 18.2 Å². The Morgan fingerprint density at radius 2 is 2.39 bits per heavy atom. The molecule has 0 bridgehead atoms. The maximum atomic E-state index is 12.5. The first-order valence-corrected chi connectivity index (χ1v) is 6.76. The van der Waals surface area contributed by atoms with Gasteiger partial charge in [-0.15, -0.1) is 0 Å². The summed E-state index contributed by atoms with van der Waals surface area (Å²) in [4.78, 5) is 18.6. The van der Waals surface area contributed by atoms with Gasteiger partial charge in [0.1, 0.15) is 5.69 Å². The van der Waals surface area contributed by atoms with Crippen LogP contribution in [0.4, 0.5) is 0 Å². The first-order chi connectivity index (χ1) is 8.75. The molecule has 1 N–H and O–H groups in total. The third-order valence-corrected chi connectivity index (χ3v) is 3.86. The fourth-order valence-corrected chi connectivity index (χ4v) is 2.64. The molecule has 5 heteroatoms. The second-order valence-corrected chi connectivity index (χ2v) is 5.37. The SMILES string of the molecule is Cn1cncc1C(=O)N(CC1CCCN1)C1CC1. The van der Waals surface area contributed by atoms with Gasteiger partial charge in [0.05, 0.1) is 12.5 Å². The van der Waals surface area contributed by atoms with E-state index < -0.39 is 0 Å². The van der Waals surface area contributed by atoms with E-state index in [0.29, 0.717) is 17.8 Å². The maximum Gasteiger partial charge on any atom is 0.272 e. The Balaban J connectivity index is 1.73. The standard InChI is InChI=1S/C13H20N4O/c1-16-9-14-7-12(16)13(18)17(11-4-5-11)8-10-3-2-6-15-10/h7,9-11,15H,2-6,8H2,1H3. The molecule has 1 aromatic heterocycles.